The zero-order valence-electron chi connectivity index (χ0n) is 15.2. The number of piperazine rings is 1. The number of piperidine rings is 1. The Hall–Kier alpha value is -1.95. The number of ether oxygens (including phenoxy) is 2. The molecular formula is C19H29N3O3. The summed E-state index contributed by atoms with van der Waals surface area (Å²) in [6, 6.07) is 8.21. The topological polar surface area (TPSA) is 54.0 Å². The third-order valence-electron chi connectivity index (χ3n) is 4.59. The zero-order chi connectivity index (χ0) is 17.6. The number of hydrogen-bond acceptors (Lipinski definition) is 5. The monoisotopic (exact) mass is 347 g/mol. The molecule has 2 aliphatic heterocycles. The van der Waals surface area contributed by atoms with E-state index in [-0.39, 0.29) is 18.3 Å². The molecule has 2 aliphatic rings. The predicted octanol–water partition coefficient (Wildman–Crippen LogP) is 2.48. The van der Waals surface area contributed by atoms with Crippen LogP contribution in [0.3, 0.4) is 0 Å². The van der Waals surface area contributed by atoms with Gasteiger partial charge in [-0.1, -0.05) is 12.1 Å². The van der Waals surface area contributed by atoms with Crippen molar-refractivity contribution in [2.75, 3.05) is 44.2 Å². The van der Waals surface area contributed by atoms with E-state index < -0.39 is 0 Å². The summed E-state index contributed by atoms with van der Waals surface area (Å²) < 4.78 is 11.6. The van der Waals surface area contributed by atoms with Gasteiger partial charge in [-0.15, -0.1) is 0 Å². The fraction of sp³-hybridized carbons (Fsp3) is 0.632. The van der Waals surface area contributed by atoms with Gasteiger partial charge in [0.1, 0.15) is 11.9 Å². The van der Waals surface area contributed by atoms with Gasteiger partial charge in [0.25, 0.3) is 0 Å². The molecule has 1 N–H and O–H groups in total. The number of carbonyl (C=O) groups excluding carboxylic acids is 1. The van der Waals surface area contributed by atoms with Crippen molar-refractivity contribution in [2.24, 2.45) is 0 Å². The maximum Gasteiger partial charge on any atom is 0.410 e. The van der Waals surface area contributed by atoms with Crippen LogP contribution in [0.1, 0.15) is 26.7 Å². The zero-order valence-corrected chi connectivity index (χ0v) is 15.2. The minimum atomic E-state index is -0.237. The number of benzene rings is 1. The van der Waals surface area contributed by atoms with E-state index in [0.717, 1.165) is 57.0 Å². The van der Waals surface area contributed by atoms with Crippen molar-refractivity contribution in [3.05, 3.63) is 24.3 Å². The van der Waals surface area contributed by atoms with Crippen molar-refractivity contribution in [1.29, 1.82) is 0 Å². The molecule has 0 aliphatic carbocycles. The molecule has 1 aromatic rings. The molecule has 0 aromatic heterocycles. The van der Waals surface area contributed by atoms with E-state index in [1.165, 1.54) is 0 Å². The van der Waals surface area contributed by atoms with Gasteiger partial charge >= 0.3 is 6.09 Å². The fourth-order valence-electron chi connectivity index (χ4n) is 3.38. The van der Waals surface area contributed by atoms with E-state index >= 15 is 0 Å². The molecule has 1 amide bonds. The molecule has 0 unspecified atom stereocenters. The van der Waals surface area contributed by atoms with Crippen molar-refractivity contribution in [3.8, 4) is 5.75 Å². The summed E-state index contributed by atoms with van der Waals surface area (Å²) in [7, 11) is 0. The first-order chi connectivity index (χ1) is 12.1. The molecule has 1 atom stereocenters. The Bertz CT molecular complexity index is 573. The summed E-state index contributed by atoms with van der Waals surface area (Å²) >= 11 is 0. The molecule has 2 fully saturated rings. The highest BCUT2D eigenvalue weighted by atomic mass is 16.6. The number of anilines is 1. The molecule has 3 rings (SSSR count). The minimum Gasteiger partial charge on any atom is -0.486 e. The SMILES string of the molecule is CC(C)OC(=O)N1CCC[C@H](Oc2ccccc2N2CCNCC2)C1. The van der Waals surface area contributed by atoms with Gasteiger partial charge in [0.2, 0.25) is 0 Å². The van der Waals surface area contributed by atoms with Crippen LogP contribution < -0.4 is 15.0 Å². The molecule has 1 aromatic carbocycles. The van der Waals surface area contributed by atoms with Gasteiger partial charge in [-0.3, -0.25) is 0 Å². The van der Waals surface area contributed by atoms with E-state index in [1.807, 2.05) is 26.0 Å². The lowest BCUT2D eigenvalue weighted by Gasteiger charge is -2.35. The highest BCUT2D eigenvalue weighted by molar-refractivity contribution is 5.68. The van der Waals surface area contributed by atoms with Crippen LogP contribution in [0.5, 0.6) is 5.75 Å². The average molecular weight is 347 g/mol. The smallest absolute Gasteiger partial charge is 0.410 e. The van der Waals surface area contributed by atoms with E-state index in [9.17, 15) is 4.79 Å². The van der Waals surface area contributed by atoms with Crippen LogP contribution in [0, 0.1) is 0 Å². The lowest BCUT2D eigenvalue weighted by atomic mass is 10.1. The second kappa shape index (κ2) is 8.43. The largest absolute Gasteiger partial charge is 0.486 e. The Kier molecular flexibility index (Phi) is 6.02. The number of rotatable bonds is 4. The van der Waals surface area contributed by atoms with E-state index in [2.05, 4.69) is 22.3 Å². The van der Waals surface area contributed by atoms with Gasteiger partial charge in [0.15, 0.2) is 0 Å². The van der Waals surface area contributed by atoms with Crippen molar-refractivity contribution in [1.82, 2.24) is 10.2 Å². The summed E-state index contributed by atoms with van der Waals surface area (Å²) in [5.41, 5.74) is 1.14. The summed E-state index contributed by atoms with van der Waals surface area (Å²) in [4.78, 5) is 16.3. The first kappa shape index (κ1) is 17.9. The summed E-state index contributed by atoms with van der Waals surface area (Å²) in [5, 5.41) is 3.38. The second-order valence-electron chi connectivity index (χ2n) is 6.97. The van der Waals surface area contributed by atoms with Crippen LogP contribution >= 0.6 is 0 Å². The first-order valence-corrected chi connectivity index (χ1v) is 9.30. The van der Waals surface area contributed by atoms with E-state index in [4.69, 9.17) is 9.47 Å². The molecule has 6 nitrogen and oxygen atoms in total. The molecule has 0 bridgehead atoms. The predicted molar refractivity (Wildman–Crippen MR) is 98.4 cm³/mol. The van der Waals surface area contributed by atoms with Gasteiger partial charge in [-0.2, -0.15) is 0 Å². The molecule has 138 valence electrons. The highest BCUT2D eigenvalue weighted by Gasteiger charge is 2.27. The first-order valence-electron chi connectivity index (χ1n) is 9.30. The van der Waals surface area contributed by atoms with Crippen molar-refractivity contribution >= 4 is 11.8 Å². The van der Waals surface area contributed by atoms with Crippen LogP contribution in [0.15, 0.2) is 24.3 Å². The Morgan fingerprint density at radius 3 is 2.72 bits per heavy atom. The average Bonchev–Trinajstić information content (AvgIpc) is 2.63. The second-order valence-corrected chi connectivity index (χ2v) is 6.97. The summed E-state index contributed by atoms with van der Waals surface area (Å²) in [5.74, 6) is 0.911. The number of amides is 1. The lowest BCUT2D eigenvalue weighted by molar-refractivity contribution is 0.0441. The Labute approximate surface area is 150 Å². The van der Waals surface area contributed by atoms with E-state index in [0.29, 0.717) is 6.54 Å². The quantitative estimate of drug-likeness (QED) is 0.907. The number of hydrogen-bond donors (Lipinski definition) is 1. The van der Waals surface area contributed by atoms with Crippen LogP contribution in [0.4, 0.5) is 10.5 Å². The lowest BCUT2D eigenvalue weighted by Crippen LogP contribution is -2.46. The van der Waals surface area contributed by atoms with Crippen molar-refractivity contribution in [2.45, 2.75) is 38.9 Å². The summed E-state index contributed by atoms with van der Waals surface area (Å²) in [6.07, 6.45) is 1.58. The molecule has 0 radical (unpaired) electrons. The molecule has 2 heterocycles. The van der Waals surface area contributed by atoms with E-state index in [1.54, 1.807) is 4.90 Å². The third-order valence-corrected chi connectivity index (χ3v) is 4.59. The van der Waals surface area contributed by atoms with Gasteiger partial charge in [0, 0.05) is 32.7 Å². The Balaban J connectivity index is 1.64. The number of para-hydroxylation sites is 2. The maximum absolute atomic E-state index is 12.2. The highest BCUT2D eigenvalue weighted by Crippen LogP contribution is 2.30. The van der Waals surface area contributed by atoms with Crippen LogP contribution in [-0.4, -0.2) is 62.5 Å². The molecule has 0 spiro atoms. The molecule has 25 heavy (non-hydrogen) atoms. The van der Waals surface area contributed by atoms with Gasteiger partial charge < -0.3 is 24.6 Å². The molecular weight excluding hydrogens is 318 g/mol. The third kappa shape index (κ3) is 4.78. The molecule has 6 heteroatoms. The maximum atomic E-state index is 12.2. The number of likely N-dealkylation sites (tertiary alicyclic amines) is 1. The normalized spacial score (nSPS) is 21.3. The number of carbonyl (C=O) groups is 1. The van der Waals surface area contributed by atoms with Crippen LogP contribution in [0.25, 0.3) is 0 Å². The Morgan fingerprint density at radius 1 is 1.20 bits per heavy atom. The van der Waals surface area contributed by atoms with Crippen LogP contribution in [0.2, 0.25) is 0 Å². The molecule has 0 saturated carbocycles. The fourth-order valence-corrected chi connectivity index (χ4v) is 3.38. The van der Waals surface area contributed by atoms with Gasteiger partial charge in [-0.05, 0) is 38.8 Å². The molecule has 2 saturated heterocycles. The van der Waals surface area contributed by atoms with Crippen molar-refractivity contribution in [3.63, 3.8) is 0 Å². The van der Waals surface area contributed by atoms with Crippen LogP contribution in [-0.2, 0) is 4.74 Å². The van der Waals surface area contributed by atoms with Gasteiger partial charge in [-0.25, -0.2) is 4.79 Å². The van der Waals surface area contributed by atoms with Gasteiger partial charge in [0.05, 0.1) is 18.3 Å². The standard InChI is InChI=1S/C19H29N3O3/c1-15(2)24-19(23)22-11-5-6-16(14-22)25-18-8-4-3-7-17(18)21-12-9-20-10-13-21/h3-4,7-8,15-16,20H,5-6,9-14H2,1-2H3/t16-/m0/s1. The number of nitrogens with one attached hydrogen (secondary N) is 1. The number of nitrogens with zero attached hydrogens (tertiary/aromatic N) is 2. The Morgan fingerprint density at radius 2 is 1.96 bits per heavy atom. The minimum absolute atomic E-state index is 0.0116. The summed E-state index contributed by atoms with van der Waals surface area (Å²) in [6.45, 7) is 9.03. The van der Waals surface area contributed by atoms with Crippen molar-refractivity contribution < 1.29 is 14.3 Å².